The number of amides is 1. The first-order valence-corrected chi connectivity index (χ1v) is 7.03. The summed E-state index contributed by atoms with van der Waals surface area (Å²) in [7, 11) is 0. The van der Waals surface area contributed by atoms with Gasteiger partial charge in [-0.3, -0.25) is 9.59 Å². The Hall–Kier alpha value is -2.70. The molecule has 0 aliphatic carbocycles. The highest BCUT2D eigenvalue weighted by Crippen LogP contribution is 2.19. The number of ketones is 1. The zero-order valence-electron chi connectivity index (χ0n) is 12.6. The predicted octanol–water partition coefficient (Wildman–Crippen LogP) is 3.63. The molecule has 2 aromatic carbocycles. The van der Waals surface area contributed by atoms with E-state index >= 15 is 0 Å². The average Bonchev–Trinajstić information content (AvgIpc) is 2.54. The minimum atomic E-state index is -1.78. The molecule has 7 heteroatoms. The van der Waals surface area contributed by atoms with Gasteiger partial charge in [-0.25, -0.2) is 17.6 Å². The molecule has 0 spiro atoms. The summed E-state index contributed by atoms with van der Waals surface area (Å²) in [5.74, 6) is -8.55. The van der Waals surface area contributed by atoms with E-state index in [4.69, 9.17) is 0 Å². The number of hydrogen-bond donors (Lipinski definition) is 1. The van der Waals surface area contributed by atoms with Gasteiger partial charge in [-0.05, 0) is 6.92 Å². The molecule has 126 valence electrons. The highest BCUT2D eigenvalue weighted by Gasteiger charge is 2.26. The van der Waals surface area contributed by atoms with Gasteiger partial charge in [0, 0.05) is 24.1 Å². The van der Waals surface area contributed by atoms with Crippen molar-refractivity contribution in [3.63, 3.8) is 0 Å². The average molecular weight is 339 g/mol. The van der Waals surface area contributed by atoms with Gasteiger partial charge in [-0.2, -0.15) is 0 Å². The zero-order valence-corrected chi connectivity index (χ0v) is 12.6. The quantitative estimate of drug-likeness (QED) is 0.514. The molecule has 0 fully saturated rings. The second-order valence-electron chi connectivity index (χ2n) is 5.21. The molecule has 24 heavy (non-hydrogen) atoms. The van der Waals surface area contributed by atoms with Crippen molar-refractivity contribution >= 4 is 11.7 Å². The van der Waals surface area contributed by atoms with Gasteiger partial charge in [0.15, 0.2) is 29.1 Å². The summed E-state index contributed by atoms with van der Waals surface area (Å²) in [6.07, 6.45) is -0.142. The fourth-order valence-corrected chi connectivity index (χ4v) is 2.14. The van der Waals surface area contributed by atoms with Crippen LogP contribution < -0.4 is 5.32 Å². The van der Waals surface area contributed by atoms with E-state index in [2.05, 4.69) is 5.32 Å². The number of carbonyl (C=O) groups excluding carboxylic acids is 2. The molecule has 0 heterocycles. The Kier molecular flexibility index (Phi) is 5.33. The third-order valence-electron chi connectivity index (χ3n) is 3.30. The van der Waals surface area contributed by atoms with E-state index in [-0.39, 0.29) is 18.3 Å². The Morgan fingerprint density at radius 3 is 2.08 bits per heavy atom. The van der Waals surface area contributed by atoms with Crippen molar-refractivity contribution in [2.24, 2.45) is 0 Å². The molecule has 0 aliphatic rings. The van der Waals surface area contributed by atoms with E-state index in [0.29, 0.717) is 5.56 Å². The van der Waals surface area contributed by atoms with Gasteiger partial charge >= 0.3 is 0 Å². The van der Waals surface area contributed by atoms with E-state index in [9.17, 15) is 27.2 Å². The normalized spacial score (nSPS) is 11.9. The van der Waals surface area contributed by atoms with Crippen LogP contribution in [0.5, 0.6) is 0 Å². The summed E-state index contributed by atoms with van der Waals surface area (Å²) in [5.41, 5.74) is -0.945. The Bertz CT molecular complexity index is 752. The summed E-state index contributed by atoms with van der Waals surface area (Å²) >= 11 is 0. The molecule has 0 saturated heterocycles. The molecule has 2 rings (SSSR count). The lowest BCUT2D eigenvalue weighted by Gasteiger charge is -2.14. The van der Waals surface area contributed by atoms with Crippen LogP contribution in [-0.2, 0) is 0 Å². The minimum Gasteiger partial charge on any atom is -0.349 e. The molecule has 0 aliphatic heterocycles. The third kappa shape index (κ3) is 3.79. The number of halogens is 4. The Morgan fingerprint density at radius 2 is 1.54 bits per heavy atom. The molecule has 0 radical (unpaired) electrons. The number of benzene rings is 2. The summed E-state index contributed by atoms with van der Waals surface area (Å²) in [6, 6.07) is 7.44. The van der Waals surface area contributed by atoms with E-state index in [1.54, 1.807) is 30.3 Å². The summed E-state index contributed by atoms with van der Waals surface area (Å²) in [4.78, 5) is 23.9. The Labute approximate surface area is 135 Å². The van der Waals surface area contributed by atoms with Crippen LogP contribution in [0.25, 0.3) is 0 Å². The highest BCUT2D eigenvalue weighted by molar-refractivity contribution is 5.98. The van der Waals surface area contributed by atoms with Gasteiger partial charge in [-0.1, -0.05) is 30.3 Å². The number of rotatable bonds is 5. The van der Waals surface area contributed by atoms with Crippen LogP contribution in [0.2, 0.25) is 0 Å². The van der Waals surface area contributed by atoms with E-state index in [1.807, 2.05) is 0 Å². The largest absolute Gasteiger partial charge is 0.349 e. The molecular weight excluding hydrogens is 326 g/mol. The maximum absolute atomic E-state index is 13.6. The van der Waals surface area contributed by atoms with Gasteiger partial charge in [0.05, 0.1) is 0 Å². The van der Waals surface area contributed by atoms with Crippen LogP contribution in [0.3, 0.4) is 0 Å². The minimum absolute atomic E-state index is 0.0177. The third-order valence-corrected chi connectivity index (χ3v) is 3.30. The molecule has 1 amide bonds. The molecule has 0 bridgehead atoms. The molecule has 0 saturated carbocycles. The van der Waals surface area contributed by atoms with Crippen molar-refractivity contribution in [2.45, 2.75) is 19.4 Å². The topological polar surface area (TPSA) is 46.2 Å². The number of Topliss-reactive ketones (excluding diaryl/α,β-unsaturated/α-hetero) is 1. The molecule has 3 nitrogen and oxygen atoms in total. The molecule has 0 unspecified atom stereocenters. The number of carbonyl (C=O) groups is 2. The van der Waals surface area contributed by atoms with Gasteiger partial charge in [0.2, 0.25) is 0 Å². The van der Waals surface area contributed by atoms with Gasteiger partial charge in [-0.15, -0.1) is 0 Å². The first-order chi connectivity index (χ1) is 11.3. The molecule has 0 aromatic heterocycles. The van der Waals surface area contributed by atoms with Crippen LogP contribution in [-0.4, -0.2) is 17.7 Å². The van der Waals surface area contributed by atoms with Gasteiger partial charge < -0.3 is 5.32 Å². The fraction of sp³-hybridized carbons (Fsp3) is 0.176. The molecule has 1 atom stereocenters. The van der Waals surface area contributed by atoms with E-state index in [1.165, 1.54) is 6.92 Å². The smallest absolute Gasteiger partial charge is 0.257 e. The second kappa shape index (κ2) is 7.25. The first-order valence-electron chi connectivity index (χ1n) is 7.03. The Balaban J connectivity index is 2.11. The monoisotopic (exact) mass is 339 g/mol. The lowest BCUT2D eigenvalue weighted by atomic mass is 10.0. The summed E-state index contributed by atoms with van der Waals surface area (Å²) in [5, 5.41) is 2.16. The van der Waals surface area contributed by atoms with Crippen LogP contribution in [0, 0.1) is 23.3 Å². The standard InChI is InChI=1S/C17H13F4NO2/c1-9(7-13(23)10-5-3-2-4-6-10)22-17(24)14-15(20)11(18)8-12(19)16(14)21/h2-6,8-9H,7H2,1H3,(H,22,24)/t9-/m0/s1. The number of hydrogen-bond acceptors (Lipinski definition) is 2. The Morgan fingerprint density at radius 1 is 1.00 bits per heavy atom. The second-order valence-corrected chi connectivity index (χ2v) is 5.21. The SMILES string of the molecule is C[C@@H](CC(=O)c1ccccc1)NC(=O)c1c(F)c(F)cc(F)c1F. The predicted molar refractivity (Wildman–Crippen MR) is 78.6 cm³/mol. The molecule has 2 aromatic rings. The van der Waals surface area contributed by atoms with Crippen LogP contribution in [0.1, 0.15) is 34.1 Å². The van der Waals surface area contributed by atoms with Crippen LogP contribution >= 0.6 is 0 Å². The lowest BCUT2D eigenvalue weighted by Crippen LogP contribution is -2.35. The van der Waals surface area contributed by atoms with Crippen LogP contribution in [0.4, 0.5) is 17.6 Å². The van der Waals surface area contributed by atoms with Gasteiger partial charge in [0.25, 0.3) is 5.91 Å². The molecular formula is C17H13F4NO2. The van der Waals surface area contributed by atoms with Crippen molar-refractivity contribution in [3.05, 3.63) is 70.8 Å². The van der Waals surface area contributed by atoms with Crippen molar-refractivity contribution in [1.82, 2.24) is 5.32 Å². The van der Waals surface area contributed by atoms with Crippen molar-refractivity contribution in [3.8, 4) is 0 Å². The van der Waals surface area contributed by atoms with E-state index in [0.717, 1.165) is 0 Å². The number of nitrogens with one attached hydrogen (secondary N) is 1. The van der Waals surface area contributed by atoms with Crippen molar-refractivity contribution in [2.75, 3.05) is 0 Å². The summed E-state index contributed by atoms with van der Waals surface area (Å²) < 4.78 is 53.4. The zero-order chi connectivity index (χ0) is 17.9. The first kappa shape index (κ1) is 17.7. The van der Waals surface area contributed by atoms with E-state index < -0.39 is 40.8 Å². The van der Waals surface area contributed by atoms with Crippen molar-refractivity contribution in [1.29, 1.82) is 0 Å². The maximum atomic E-state index is 13.6. The molecule has 1 N–H and O–H groups in total. The van der Waals surface area contributed by atoms with Gasteiger partial charge in [0.1, 0.15) is 5.56 Å². The fourth-order valence-electron chi connectivity index (χ4n) is 2.14. The van der Waals surface area contributed by atoms with Crippen molar-refractivity contribution < 1.29 is 27.2 Å². The summed E-state index contributed by atoms with van der Waals surface area (Å²) in [6.45, 7) is 1.43. The lowest BCUT2D eigenvalue weighted by molar-refractivity contribution is 0.0910. The maximum Gasteiger partial charge on any atom is 0.257 e. The highest BCUT2D eigenvalue weighted by atomic mass is 19.2. The van der Waals surface area contributed by atoms with Crippen LogP contribution in [0.15, 0.2) is 36.4 Å².